The topological polar surface area (TPSA) is 25.2 Å². The highest BCUT2D eigenvalue weighted by Gasteiger charge is 1.98. The van der Waals surface area contributed by atoms with Crippen molar-refractivity contribution in [1.82, 2.24) is 5.32 Å². The Bertz CT molecular complexity index is 478. The molecule has 2 aromatic rings. The van der Waals surface area contributed by atoms with Crippen LogP contribution < -0.4 is 5.32 Å². The first kappa shape index (κ1) is 12.9. The summed E-state index contributed by atoms with van der Waals surface area (Å²) in [6.45, 7) is 6.54. The van der Waals surface area contributed by atoms with E-state index in [4.69, 9.17) is 4.42 Å². The van der Waals surface area contributed by atoms with Crippen LogP contribution in [0.1, 0.15) is 26.0 Å². The average Bonchev–Trinajstić information content (AvgIpc) is 2.75. The van der Waals surface area contributed by atoms with Gasteiger partial charge in [-0.1, -0.05) is 38.1 Å². The van der Waals surface area contributed by atoms with Gasteiger partial charge in [0.25, 0.3) is 0 Å². The Labute approximate surface area is 109 Å². The molecule has 0 saturated heterocycles. The van der Waals surface area contributed by atoms with E-state index in [2.05, 4.69) is 43.4 Å². The quantitative estimate of drug-likeness (QED) is 0.773. The SMILES string of the molecule is CC(C)CNCC/C=C/c1cc2ccccc2o1. The van der Waals surface area contributed by atoms with Crippen molar-refractivity contribution in [2.24, 2.45) is 5.92 Å². The Morgan fingerprint density at radius 3 is 2.89 bits per heavy atom. The first-order valence-corrected chi connectivity index (χ1v) is 6.61. The van der Waals surface area contributed by atoms with E-state index in [-0.39, 0.29) is 0 Å². The van der Waals surface area contributed by atoms with Crippen molar-refractivity contribution >= 4 is 17.0 Å². The summed E-state index contributed by atoms with van der Waals surface area (Å²) < 4.78 is 5.71. The lowest BCUT2D eigenvalue weighted by atomic mass is 10.2. The van der Waals surface area contributed by atoms with Gasteiger partial charge in [-0.2, -0.15) is 0 Å². The first-order chi connectivity index (χ1) is 8.75. The normalized spacial score (nSPS) is 11.9. The molecule has 0 aliphatic heterocycles. The predicted octanol–water partition coefficient (Wildman–Crippen LogP) is 4.08. The molecule has 1 heterocycles. The summed E-state index contributed by atoms with van der Waals surface area (Å²) in [7, 11) is 0. The number of rotatable bonds is 6. The summed E-state index contributed by atoms with van der Waals surface area (Å²) in [5.41, 5.74) is 0.954. The lowest BCUT2D eigenvalue weighted by Gasteiger charge is -2.04. The molecular formula is C16H21NO. The second kappa shape index (κ2) is 6.41. The van der Waals surface area contributed by atoms with Crippen LogP contribution in [-0.2, 0) is 0 Å². The summed E-state index contributed by atoms with van der Waals surface area (Å²) in [5, 5.41) is 4.58. The van der Waals surface area contributed by atoms with E-state index in [9.17, 15) is 0 Å². The highest BCUT2D eigenvalue weighted by molar-refractivity contribution is 5.79. The highest BCUT2D eigenvalue weighted by Crippen LogP contribution is 2.19. The summed E-state index contributed by atoms with van der Waals surface area (Å²) in [6.07, 6.45) is 5.24. The molecule has 0 aliphatic carbocycles. The van der Waals surface area contributed by atoms with Gasteiger partial charge in [0.2, 0.25) is 0 Å². The Balaban J connectivity index is 1.82. The van der Waals surface area contributed by atoms with E-state index in [1.807, 2.05) is 18.2 Å². The maximum Gasteiger partial charge on any atom is 0.134 e. The molecule has 0 aliphatic rings. The number of hydrogen-bond acceptors (Lipinski definition) is 2. The van der Waals surface area contributed by atoms with Crippen LogP contribution >= 0.6 is 0 Å². The zero-order valence-corrected chi connectivity index (χ0v) is 11.1. The zero-order valence-electron chi connectivity index (χ0n) is 11.1. The van der Waals surface area contributed by atoms with Gasteiger partial charge in [0.1, 0.15) is 11.3 Å². The second-order valence-corrected chi connectivity index (χ2v) is 4.98. The first-order valence-electron chi connectivity index (χ1n) is 6.61. The van der Waals surface area contributed by atoms with Gasteiger partial charge in [0.15, 0.2) is 0 Å². The number of benzene rings is 1. The third-order valence-corrected chi connectivity index (χ3v) is 2.77. The molecule has 0 spiro atoms. The van der Waals surface area contributed by atoms with Crippen LogP contribution in [0.4, 0.5) is 0 Å². The third-order valence-electron chi connectivity index (χ3n) is 2.77. The van der Waals surface area contributed by atoms with Crippen molar-refractivity contribution < 1.29 is 4.42 Å². The van der Waals surface area contributed by atoms with Gasteiger partial charge in [0, 0.05) is 5.39 Å². The minimum atomic E-state index is 0.712. The summed E-state index contributed by atoms with van der Waals surface area (Å²) in [4.78, 5) is 0. The van der Waals surface area contributed by atoms with Crippen molar-refractivity contribution in [2.45, 2.75) is 20.3 Å². The molecule has 0 bridgehead atoms. The van der Waals surface area contributed by atoms with E-state index in [0.29, 0.717) is 5.92 Å². The third kappa shape index (κ3) is 3.74. The van der Waals surface area contributed by atoms with E-state index >= 15 is 0 Å². The Kier molecular flexibility index (Phi) is 4.59. The Morgan fingerprint density at radius 2 is 2.11 bits per heavy atom. The maximum atomic E-state index is 5.71. The van der Waals surface area contributed by atoms with Crippen LogP contribution in [0.5, 0.6) is 0 Å². The molecule has 0 unspecified atom stereocenters. The molecular weight excluding hydrogens is 222 g/mol. The molecule has 2 rings (SSSR count). The van der Waals surface area contributed by atoms with Gasteiger partial charge < -0.3 is 9.73 Å². The minimum absolute atomic E-state index is 0.712. The number of para-hydroxylation sites is 1. The largest absolute Gasteiger partial charge is 0.457 e. The van der Waals surface area contributed by atoms with Crippen LogP contribution in [-0.4, -0.2) is 13.1 Å². The van der Waals surface area contributed by atoms with Gasteiger partial charge >= 0.3 is 0 Å². The molecule has 0 radical (unpaired) electrons. The van der Waals surface area contributed by atoms with Crippen molar-refractivity contribution in [2.75, 3.05) is 13.1 Å². The Morgan fingerprint density at radius 1 is 1.28 bits per heavy atom. The summed E-state index contributed by atoms with van der Waals surface area (Å²) in [5.74, 6) is 1.64. The summed E-state index contributed by atoms with van der Waals surface area (Å²) in [6, 6.07) is 10.2. The fourth-order valence-corrected chi connectivity index (χ4v) is 1.86. The van der Waals surface area contributed by atoms with Crippen LogP contribution in [0.25, 0.3) is 17.0 Å². The van der Waals surface area contributed by atoms with Crippen molar-refractivity contribution in [1.29, 1.82) is 0 Å². The summed E-state index contributed by atoms with van der Waals surface area (Å²) >= 11 is 0. The molecule has 0 amide bonds. The van der Waals surface area contributed by atoms with E-state index in [0.717, 1.165) is 36.2 Å². The molecule has 1 N–H and O–H groups in total. The number of furan rings is 1. The van der Waals surface area contributed by atoms with Crippen LogP contribution in [0.3, 0.4) is 0 Å². The predicted molar refractivity (Wildman–Crippen MR) is 77.6 cm³/mol. The van der Waals surface area contributed by atoms with Crippen molar-refractivity contribution in [3.05, 3.63) is 42.2 Å². The van der Waals surface area contributed by atoms with Gasteiger partial charge in [0.05, 0.1) is 0 Å². The molecule has 2 heteroatoms. The molecule has 0 atom stereocenters. The molecule has 1 aromatic heterocycles. The van der Waals surface area contributed by atoms with Gasteiger partial charge in [-0.25, -0.2) is 0 Å². The molecule has 0 saturated carbocycles. The van der Waals surface area contributed by atoms with E-state index < -0.39 is 0 Å². The second-order valence-electron chi connectivity index (χ2n) is 4.98. The standard InChI is InChI=1S/C16H21NO/c1-13(2)12-17-10-6-5-8-15-11-14-7-3-4-9-16(14)18-15/h3-5,7-9,11,13,17H,6,10,12H2,1-2H3/b8-5+. The fourth-order valence-electron chi connectivity index (χ4n) is 1.86. The molecule has 1 aromatic carbocycles. The Hall–Kier alpha value is -1.54. The van der Waals surface area contributed by atoms with Crippen LogP contribution in [0, 0.1) is 5.92 Å². The zero-order chi connectivity index (χ0) is 12.8. The van der Waals surface area contributed by atoms with Crippen LogP contribution in [0.2, 0.25) is 0 Å². The van der Waals surface area contributed by atoms with Crippen molar-refractivity contribution in [3.8, 4) is 0 Å². The van der Waals surface area contributed by atoms with E-state index in [1.54, 1.807) is 0 Å². The number of fused-ring (bicyclic) bond motifs is 1. The molecule has 18 heavy (non-hydrogen) atoms. The van der Waals surface area contributed by atoms with Crippen LogP contribution in [0.15, 0.2) is 40.8 Å². The van der Waals surface area contributed by atoms with Gasteiger partial charge in [-0.3, -0.25) is 0 Å². The number of hydrogen-bond donors (Lipinski definition) is 1. The molecule has 2 nitrogen and oxygen atoms in total. The van der Waals surface area contributed by atoms with E-state index in [1.165, 1.54) is 0 Å². The lowest BCUT2D eigenvalue weighted by Crippen LogP contribution is -2.20. The maximum absolute atomic E-state index is 5.71. The molecule has 0 fully saturated rings. The minimum Gasteiger partial charge on any atom is -0.457 e. The fraction of sp³-hybridized carbons (Fsp3) is 0.375. The monoisotopic (exact) mass is 243 g/mol. The van der Waals surface area contributed by atoms with Crippen molar-refractivity contribution in [3.63, 3.8) is 0 Å². The average molecular weight is 243 g/mol. The highest BCUT2D eigenvalue weighted by atomic mass is 16.3. The number of nitrogens with one attached hydrogen (secondary N) is 1. The van der Waals surface area contributed by atoms with Gasteiger partial charge in [-0.15, -0.1) is 0 Å². The molecule has 96 valence electrons. The smallest absolute Gasteiger partial charge is 0.134 e. The lowest BCUT2D eigenvalue weighted by molar-refractivity contribution is 0.556. The van der Waals surface area contributed by atoms with Gasteiger partial charge in [-0.05, 0) is 43.6 Å².